The van der Waals surface area contributed by atoms with Crippen LogP contribution in [0.25, 0.3) is 0 Å². The third-order valence-electron chi connectivity index (χ3n) is 3.69. The van der Waals surface area contributed by atoms with E-state index in [1.807, 2.05) is 6.92 Å². The van der Waals surface area contributed by atoms with Crippen LogP contribution in [0.1, 0.15) is 37.0 Å². The summed E-state index contributed by atoms with van der Waals surface area (Å²) in [5.74, 6) is 1.23. The molecular formula is C16H21NO3. The lowest BCUT2D eigenvalue weighted by molar-refractivity contribution is -0.127. The van der Waals surface area contributed by atoms with Crippen molar-refractivity contribution in [1.29, 1.82) is 0 Å². The van der Waals surface area contributed by atoms with E-state index in [1.165, 1.54) is 0 Å². The van der Waals surface area contributed by atoms with E-state index in [1.54, 1.807) is 29.2 Å². The lowest BCUT2D eigenvalue weighted by Crippen LogP contribution is -2.31. The van der Waals surface area contributed by atoms with Crippen LogP contribution in [0.3, 0.4) is 0 Å². The fourth-order valence-electron chi connectivity index (χ4n) is 2.45. The standard InChI is InChI=1S/C16H21NO3/c1-3-12-9-16(19)17(10-12)11-15(18)13-5-7-14(8-6-13)20-4-2/h5-8,12H,3-4,9-11H2,1-2H3. The van der Waals surface area contributed by atoms with Gasteiger partial charge >= 0.3 is 0 Å². The number of hydrogen-bond donors (Lipinski definition) is 0. The maximum atomic E-state index is 12.2. The van der Waals surface area contributed by atoms with Crippen LogP contribution < -0.4 is 4.74 Å². The Labute approximate surface area is 119 Å². The number of carbonyl (C=O) groups is 2. The highest BCUT2D eigenvalue weighted by Crippen LogP contribution is 2.21. The van der Waals surface area contributed by atoms with E-state index in [4.69, 9.17) is 4.74 Å². The molecule has 4 heteroatoms. The minimum Gasteiger partial charge on any atom is -0.494 e. The van der Waals surface area contributed by atoms with Gasteiger partial charge in [-0.2, -0.15) is 0 Å². The van der Waals surface area contributed by atoms with Gasteiger partial charge in [-0.25, -0.2) is 0 Å². The number of ketones is 1. The molecule has 0 aromatic heterocycles. The minimum absolute atomic E-state index is 0.0156. The molecule has 1 atom stereocenters. The Bertz CT molecular complexity index is 481. The van der Waals surface area contributed by atoms with Crippen LogP contribution in [-0.2, 0) is 4.79 Å². The van der Waals surface area contributed by atoms with Crippen LogP contribution in [0.15, 0.2) is 24.3 Å². The van der Waals surface area contributed by atoms with Crippen LogP contribution in [0.5, 0.6) is 5.75 Å². The summed E-state index contributed by atoms with van der Waals surface area (Å²) in [6, 6.07) is 7.09. The molecule has 1 aromatic carbocycles. The molecule has 1 amide bonds. The molecule has 1 fully saturated rings. The molecule has 4 nitrogen and oxygen atoms in total. The predicted octanol–water partition coefficient (Wildman–Crippen LogP) is 2.53. The van der Waals surface area contributed by atoms with Gasteiger partial charge in [0.05, 0.1) is 13.2 Å². The Morgan fingerprint density at radius 1 is 1.30 bits per heavy atom. The summed E-state index contributed by atoms with van der Waals surface area (Å²) in [7, 11) is 0. The van der Waals surface area contributed by atoms with E-state index in [2.05, 4.69) is 6.92 Å². The zero-order chi connectivity index (χ0) is 14.5. The fourth-order valence-corrected chi connectivity index (χ4v) is 2.45. The average Bonchev–Trinajstić information content (AvgIpc) is 2.80. The second-order valence-electron chi connectivity index (χ2n) is 5.13. The summed E-state index contributed by atoms with van der Waals surface area (Å²) in [5.41, 5.74) is 0.626. The zero-order valence-electron chi connectivity index (χ0n) is 12.1. The molecule has 0 aliphatic carbocycles. The quantitative estimate of drug-likeness (QED) is 0.749. The van der Waals surface area contributed by atoms with Gasteiger partial charge in [-0.3, -0.25) is 9.59 Å². The molecule has 0 spiro atoms. The van der Waals surface area contributed by atoms with Crippen molar-refractivity contribution in [1.82, 2.24) is 4.90 Å². The lowest BCUT2D eigenvalue weighted by atomic mass is 10.1. The highest BCUT2D eigenvalue weighted by Gasteiger charge is 2.29. The summed E-state index contributed by atoms with van der Waals surface area (Å²) in [6.45, 7) is 5.49. The minimum atomic E-state index is -0.0156. The van der Waals surface area contributed by atoms with Crippen molar-refractivity contribution < 1.29 is 14.3 Å². The van der Waals surface area contributed by atoms with E-state index in [0.717, 1.165) is 12.2 Å². The van der Waals surface area contributed by atoms with Gasteiger partial charge in [0.1, 0.15) is 5.75 Å². The molecule has 1 unspecified atom stereocenters. The number of rotatable bonds is 6. The van der Waals surface area contributed by atoms with Gasteiger partial charge in [-0.15, -0.1) is 0 Å². The average molecular weight is 275 g/mol. The van der Waals surface area contributed by atoms with Crippen molar-refractivity contribution in [2.24, 2.45) is 5.92 Å². The number of carbonyl (C=O) groups excluding carboxylic acids is 2. The first-order valence-corrected chi connectivity index (χ1v) is 7.17. The molecule has 1 aliphatic rings. The third kappa shape index (κ3) is 3.38. The number of likely N-dealkylation sites (tertiary alicyclic amines) is 1. The largest absolute Gasteiger partial charge is 0.494 e. The van der Waals surface area contributed by atoms with Crippen LogP contribution in [0.2, 0.25) is 0 Å². The first-order valence-electron chi connectivity index (χ1n) is 7.17. The summed E-state index contributed by atoms with van der Waals surface area (Å²) in [6.07, 6.45) is 1.56. The van der Waals surface area contributed by atoms with Crippen LogP contribution in [0, 0.1) is 5.92 Å². The molecule has 0 bridgehead atoms. The summed E-state index contributed by atoms with van der Waals surface area (Å²) in [5, 5.41) is 0. The molecule has 1 saturated heterocycles. The number of Topliss-reactive ketones (excluding diaryl/α,β-unsaturated/α-hetero) is 1. The highest BCUT2D eigenvalue weighted by atomic mass is 16.5. The van der Waals surface area contributed by atoms with Crippen molar-refractivity contribution in [2.75, 3.05) is 19.7 Å². The first-order chi connectivity index (χ1) is 9.63. The van der Waals surface area contributed by atoms with E-state index < -0.39 is 0 Å². The van der Waals surface area contributed by atoms with Crippen LogP contribution in [-0.4, -0.2) is 36.3 Å². The Kier molecular flexibility index (Phi) is 4.77. The normalized spacial score (nSPS) is 18.4. The van der Waals surface area contributed by atoms with Crippen LogP contribution in [0.4, 0.5) is 0 Å². The van der Waals surface area contributed by atoms with Crippen molar-refractivity contribution >= 4 is 11.7 Å². The zero-order valence-corrected chi connectivity index (χ0v) is 12.1. The summed E-state index contributed by atoms with van der Waals surface area (Å²) >= 11 is 0. The van der Waals surface area contributed by atoms with Crippen molar-refractivity contribution in [3.05, 3.63) is 29.8 Å². The van der Waals surface area contributed by atoms with E-state index in [-0.39, 0.29) is 18.2 Å². The summed E-state index contributed by atoms with van der Waals surface area (Å²) < 4.78 is 5.34. The molecule has 1 aliphatic heterocycles. The molecular weight excluding hydrogens is 254 g/mol. The number of hydrogen-bond acceptors (Lipinski definition) is 3. The molecule has 0 N–H and O–H groups in total. The Morgan fingerprint density at radius 3 is 2.55 bits per heavy atom. The third-order valence-corrected chi connectivity index (χ3v) is 3.69. The molecule has 1 heterocycles. The van der Waals surface area contributed by atoms with Gasteiger partial charge in [0.15, 0.2) is 5.78 Å². The Morgan fingerprint density at radius 2 is 2.00 bits per heavy atom. The Balaban J connectivity index is 1.96. The molecule has 20 heavy (non-hydrogen) atoms. The smallest absolute Gasteiger partial charge is 0.223 e. The second kappa shape index (κ2) is 6.55. The molecule has 108 valence electrons. The fraction of sp³-hybridized carbons (Fsp3) is 0.500. The first kappa shape index (κ1) is 14.6. The summed E-state index contributed by atoms with van der Waals surface area (Å²) in [4.78, 5) is 25.7. The van der Waals surface area contributed by atoms with Crippen molar-refractivity contribution in [2.45, 2.75) is 26.7 Å². The van der Waals surface area contributed by atoms with Gasteiger partial charge in [-0.05, 0) is 37.1 Å². The molecule has 2 rings (SSSR count). The Hall–Kier alpha value is -1.84. The lowest BCUT2D eigenvalue weighted by Gasteiger charge is -2.15. The number of benzene rings is 1. The van der Waals surface area contributed by atoms with E-state index in [0.29, 0.717) is 31.1 Å². The van der Waals surface area contributed by atoms with E-state index in [9.17, 15) is 9.59 Å². The second-order valence-corrected chi connectivity index (χ2v) is 5.13. The topological polar surface area (TPSA) is 46.6 Å². The number of nitrogens with zero attached hydrogens (tertiary/aromatic N) is 1. The molecule has 0 saturated carbocycles. The number of amides is 1. The van der Waals surface area contributed by atoms with Gasteiger partial charge in [0, 0.05) is 18.5 Å². The maximum absolute atomic E-state index is 12.2. The number of ether oxygens (including phenoxy) is 1. The van der Waals surface area contributed by atoms with Gasteiger partial charge in [0.2, 0.25) is 5.91 Å². The molecule has 0 radical (unpaired) electrons. The SMILES string of the molecule is CCOc1ccc(C(=O)CN2CC(CC)CC2=O)cc1. The van der Waals surface area contributed by atoms with Crippen molar-refractivity contribution in [3.63, 3.8) is 0 Å². The predicted molar refractivity (Wildman–Crippen MR) is 76.9 cm³/mol. The van der Waals surface area contributed by atoms with Gasteiger partial charge in [-0.1, -0.05) is 13.3 Å². The maximum Gasteiger partial charge on any atom is 0.223 e. The van der Waals surface area contributed by atoms with Crippen molar-refractivity contribution in [3.8, 4) is 5.75 Å². The van der Waals surface area contributed by atoms with Gasteiger partial charge in [0.25, 0.3) is 0 Å². The monoisotopic (exact) mass is 275 g/mol. The van der Waals surface area contributed by atoms with Gasteiger partial charge < -0.3 is 9.64 Å². The highest BCUT2D eigenvalue weighted by molar-refractivity contribution is 5.99. The van der Waals surface area contributed by atoms with Crippen LogP contribution >= 0.6 is 0 Å². The molecule has 1 aromatic rings. The van der Waals surface area contributed by atoms with E-state index >= 15 is 0 Å².